The van der Waals surface area contributed by atoms with Gasteiger partial charge in [0, 0.05) is 18.8 Å². The molecule has 142 valence electrons. The third-order valence-electron chi connectivity index (χ3n) is 3.94. The number of fused-ring (bicyclic) bond motifs is 1. The number of benzene rings is 1. The number of nitrogens with one attached hydrogen (secondary N) is 3. The molecule has 4 rings (SSSR count). The summed E-state index contributed by atoms with van der Waals surface area (Å²) in [7, 11) is 0. The van der Waals surface area contributed by atoms with Gasteiger partial charge in [0.15, 0.2) is 5.82 Å². The molecule has 0 aliphatic heterocycles. The lowest BCUT2D eigenvalue weighted by atomic mass is 10.2. The molecular formula is C18H15Cl2N7O. The number of pyridine rings is 1. The first-order valence-corrected chi connectivity index (χ1v) is 9.14. The van der Waals surface area contributed by atoms with Crippen LogP contribution in [0, 0.1) is 0 Å². The van der Waals surface area contributed by atoms with Gasteiger partial charge < -0.3 is 20.7 Å². The topological polar surface area (TPSA) is 112 Å². The molecule has 0 fully saturated rings. The zero-order valence-corrected chi connectivity index (χ0v) is 16.0. The minimum absolute atomic E-state index is 0.00908. The predicted molar refractivity (Wildman–Crippen MR) is 110 cm³/mol. The number of imidazole rings is 1. The monoisotopic (exact) mass is 415 g/mol. The molecule has 8 nitrogen and oxygen atoms in total. The highest BCUT2D eigenvalue weighted by Crippen LogP contribution is 2.34. The highest BCUT2D eigenvalue weighted by atomic mass is 35.5. The van der Waals surface area contributed by atoms with Gasteiger partial charge in [-0.3, -0.25) is 0 Å². The van der Waals surface area contributed by atoms with E-state index in [1.165, 1.54) is 6.33 Å². The molecule has 0 aliphatic carbocycles. The molecule has 10 heteroatoms. The van der Waals surface area contributed by atoms with Crippen LogP contribution in [0.5, 0.6) is 0 Å². The van der Waals surface area contributed by atoms with Gasteiger partial charge in [0.05, 0.1) is 27.7 Å². The number of H-pyrrole nitrogens is 1. The van der Waals surface area contributed by atoms with Crippen LogP contribution in [0.3, 0.4) is 0 Å². The lowest BCUT2D eigenvalue weighted by molar-refractivity contribution is 0.311. The Balaban J connectivity index is 1.70. The molecule has 0 saturated heterocycles. The molecule has 0 aliphatic rings. The van der Waals surface area contributed by atoms with Crippen LogP contribution >= 0.6 is 23.2 Å². The minimum atomic E-state index is 0.00908. The van der Waals surface area contributed by atoms with E-state index < -0.39 is 0 Å². The van der Waals surface area contributed by atoms with E-state index in [1.807, 2.05) is 0 Å². The fourth-order valence-corrected chi connectivity index (χ4v) is 3.28. The van der Waals surface area contributed by atoms with Gasteiger partial charge >= 0.3 is 0 Å². The predicted octanol–water partition coefficient (Wildman–Crippen LogP) is 3.87. The summed E-state index contributed by atoms with van der Waals surface area (Å²) in [6.45, 7) is 0.405. The van der Waals surface area contributed by atoms with Crippen molar-refractivity contribution in [3.05, 3.63) is 52.9 Å². The van der Waals surface area contributed by atoms with Crippen molar-refractivity contribution in [1.29, 1.82) is 0 Å². The maximum atomic E-state index is 8.92. The summed E-state index contributed by atoms with van der Waals surface area (Å²) in [6.07, 6.45) is 3.07. The average Bonchev–Trinajstić information content (AvgIpc) is 3.11. The Morgan fingerprint density at radius 1 is 1.04 bits per heavy atom. The molecule has 28 heavy (non-hydrogen) atoms. The zero-order valence-electron chi connectivity index (χ0n) is 14.4. The van der Waals surface area contributed by atoms with E-state index in [1.54, 1.807) is 36.5 Å². The number of anilines is 3. The molecular weight excluding hydrogens is 401 g/mol. The molecule has 4 N–H and O–H groups in total. The SMILES string of the molecule is OCCNc1cc(Nc2nccc3nc(-c4c(Cl)cccc4Cl)[nH]c23)ncn1. The van der Waals surface area contributed by atoms with Gasteiger partial charge in [0.25, 0.3) is 0 Å². The van der Waals surface area contributed by atoms with Crippen molar-refractivity contribution in [2.45, 2.75) is 0 Å². The summed E-state index contributed by atoms with van der Waals surface area (Å²) in [5.74, 6) is 2.23. The van der Waals surface area contributed by atoms with Gasteiger partial charge in [-0.1, -0.05) is 29.3 Å². The molecule has 0 saturated carbocycles. The van der Waals surface area contributed by atoms with Crippen molar-refractivity contribution in [2.24, 2.45) is 0 Å². The van der Waals surface area contributed by atoms with Crippen molar-refractivity contribution in [1.82, 2.24) is 24.9 Å². The Bertz CT molecular complexity index is 1110. The Hall–Kier alpha value is -2.94. The van der Waals surface area contributed by atoms with Gasteiger partial charge in [-0.2, -0.15) is 0 Å². The number of halogens is 2. The number of rotatable bonds is 6. The first-order chi connectivity index (χ1) is 13.7. The highest BCUT2D eigenvalue weighted by molar-refractivity contribution is 6.39. The molecule has 3 aromatic heterocycles. The number of aliphatic hydroxyl groups is 1. The lowest BCUT2D eigenvalue weighted by Crippen LogP contribution is -2.07. The van der Waals surface area contributed by atoms with Crippen molar-refractivity contribution in [2.75, 3.05) is 23.8 Å². The molecule has 0 radical (unpaired) electrons. The third-order valence-corrected chi connectivity index (χ3v) is 4.57. The second-order valence-electron chi connectivity index (χ2n) is 5.80. The van der Waals surface area contributed by atoms with E-state index in [0.717, 1.165) is 0 Å². The number of hydrogen-bond donors (Lipinski definition) is 4. The summed E-state index contributed by atoms with van der Waals surface area (Å²) in [6, 6.07) is 8.81. The summed E-state index contributed by atoms with van der Waals surface area (Å²) in [4.78, 5) is 20.5. The third kappa shape index (κ3) is 3.70. The van der Waals surface area contributed by atoms with E-state index in [9.17, 15) is 0 Å². The van der Waals surface area contributed by atoms with Crippen LogP contribution in [-0.4, -0.2) is 43.2 Å². The fourth-order valence-electron chi connectivity index (χ4n) is 2.70. The van der Waals surface area contributed by atoms with Crippen LogP contribution < -0.4 is 10.6 Å². The second-order valence-corrected chi connectivity index (χ2v) is 6.61. The Labute approximate surface area is 170 Å². The van der Waals surface area contributed by atoms with E-state index in [2.05, 4.69) is 35.6 Å². The number of aromatic amines is 1. The molecule has 0 atom stereocenters. The van der Waals surface area contributed by atoms with Crippen LogP contribution in [0.2, 0.25) is 10.0 Å². The normalized spacial score (nSPS) is 11.0. The lowest BCUT2D eigenvalue weighted by Gasteiger charge is -2.07. The van der Waals surface area contributed by atoms with Crippen LogP contribution in [0.4, 0.5) is 17.5 Å². The van der Waals surface area contributed by atoms with Crippen LogP contribution in [0.1, 0.15) is 0 Å². The highest BCUT2D eigenvalue weighted by Gasteiger charge is 2.15. The Morgan fingerprint density at radius 2 is 1.82 bits per heavy atom. The Morgan fingerprint density at radius 3 is 2.61 bits per heavy atom. The standard InChI is InChI=1S/C18H15Cl2N7O/c19-10-2-1-3-11(20)15(10)17-25-12-4-5-22-18(16(12)27-17)26-14-8-13(21-6-7-28)23-9-24-14/h1-5,8-9,28H,6-7H2,(H,25,27)(H2,21,22,23,24,26). The molecule has 0 amide bonds. The second kappa shape index (κ2) is 7.97. The van der Waals surface area contributed by atoms with Crippen LogP contribution in [0.15, 0.2) is 42.9 Å². The van der Waals surface area contributed by atoms with Crippen LogP contribution in [-0.2, 0) is 0 Å². The van der Waals surface area contributed by atoms with Crippen molar-refractivity contribution >= 4 is 51.7 Å². The molecule has 1 aromatic carbocycles. The van der Waals surface area contributed by atoms with Gasteiger partial charge in [0.1, 0.15) is 29.3 Å². The van der Waals surface area contributed by atoms with Crippen molar-refractivity contribution in [3.63, 3.8) is 0 Å². The number of hydrogen-bond acceptors (Lipinski definition) is 7. The number of aromatic nitrogens is 5. The molecule has 4 aromatic rings. The minimum Gasteiger partial charge on any atom is -0.395 e. The Kier molecular flexibility index (Phi) is 5.25. The van der Waals surface area contributed by atoms with Gasteiger partial charge in [-0.05, 0) is 18.2 Å². The zero-order chi connectivity index (χ0) is 19.5. The van der Waals surface area contributed by atoms with Crippen molar-refractivity contribution < 1.29 is 5.11 Å². The summed E-state index contributed by atoms with van der Waals surface area (Å²) < 4.78 is 0. The first kappa shape index (κ1) is 18.4. The maximum Gasteiger partial charge on any atom is 0.157 e. The molecule has 0 bridgehead atoms. The molecule has 0 spiro atoms. The van der Waals surface area contributed by atoms with Gasteiger partial charge in [-0.25, -0.2) is 19.9 Å². The number of nitrogens with zero attached hydrogens (tertiary/aromatic N) is 4. The van der Waals surface area contributed by atoms with E-state index in [4.69, 9.17) is 28.3 Å². The average molecular weight is 416 g/mol. The fraction of sp³-hybridized carbons (Fsp3) is 0.111. The largest absolute Gasteiger partial charge is 0.395 e. The first-order valence-electron chi connectivity index (χ1n) is 8.38. The maximum absolute atomic E-state index is 8.92. The van der Waals surface area contributed by atoms with E-state index in [-0.39, 0.29) is 6.61 Å². The van der Waals surface area contributed by atoms with Crippen LogP contribution in [0.25, 0.3) is 22.4 Å². The quantitative estimate of drug-likeness (QED) is 0.378. The smallest absolute Gasteiger partial charge is 0.157 e. The summed E-state index contributed by atoms with van der Waals surface area (Å²) in [5, 5.41) is 16.1. The van der Waals surface area contributed by atoms with Crippen molar-refractivity contribution in [3.8, 4) is 11.4 Å². The van der Waals surface area contributed by atoms with Gasteiger partial charge in [0.2, 0.25) is 0 Å². The van der Waals surface area contributed by atoms with E-state index in [0.29, 0.717) is 56.5 Å². The molecule has 0 unspecified atom stereocenters. The summed E-state index contributed by atoms with van der Waals surface area (Å²) in [5.41, 5.74) is 2.03. The number of aliphatic hydroxyl groups excluding tert-OH is 1. The summed E-state index contributed by atoms with van der Waals surface area (Å²) >= 11 is 12.6. The van der Waals surface area contributed by atoms with Gasteiger partial charge in [-0.15, -0.1) is 0 Å². The molecule has 3 heterocycles. The van der Waals surface area contributed by atoms with E-state index >= 15 is 0 Å².